The standard InChI is InChI=1S/C16H13N3O3S/c20-15(19-23)11-2-1-3-12(9-11)17-16(21)18-13-4-5-14-10(8-13)6-7-22-14/h1-9,23H,(H,19,20)(H2,17,18,21). The smallest absolute Gasteiger partial charge is 0.323 e. The quantitative estimate of drug-likeness (QED) is 0.554. The van der Waals surface area contributed by atoms with E-state index in [1.54, 1.807) is 42.7 Å². The SMILES string of the molecule is O=C(Nc1cccc(C(=O)NS)c1)Nc1ccc2occc2c1. The predicted molar refractivity (Wildman–Crippen MR) is 91.7 cm³/mol. The van der Waals surface area contributed by atoms with E-state index in [9.17, 15) is 9.59 Å². The van der Waals surface area contributed by atoms with Gasteiger partial charge in [-0.2, -0.15) is 0 Å². The first-order valence-corrected chi connectivity index (χ1v) is 7.20. The van der Waals surface area contributed by atoms with Gasteiger partial charge in [0.1, 0.15) is 5.58 Å². The highest BCUT2D eigenvalue weighted by molar-refractivity contribution is 7.78. The summed E-state index contributed by atoms with van der Waals surface area (Å²) in [6.45, 7) is 0. The normalized spacial score (nSPS) is 10.3. The maximum atomic E-state index is 12.0. The minimum Gasteiger partial charge on any atom is -0.464 e. The maximum absolute atomic E-state index is 12.0. The van der Waals surface area contributed by atoms with E-state index in [-0.39, 0.29) is 5.91 Å². The average molecular weight is 327 g/mol. The molecule has 3 aromatic rings. The van der Waals surface area contributed by atoms with Crippen LogP contribution in [-0.2, 0) is 0 Å². The number of nitrogens with one attached hydrogen (secondary N) is 3. The van der Waals surface area contributed by atoms with Crippen LogP contribution in [0.1, 0.15) is 10.4 Å². The van der Waals surface area contributed by atoms with Gasteiger partial charge in [0, 0.05) is 22.3 Å². The van der Waals surface area contributed by atoms with E-state index in [4.69, 9.17) is 4.42 Å². The molecule has 3 N–H and O–H groups in total. The Kier molecular flexibility index (Phi) is 4.20. The molecule has 0 spiro atoms. The molecule has 3 rings (SSSR count). The number of carbonyl (C=O) groups is 2. The molecular weight excluding hydrogens is 314 g/mol. The van der Waals surface area contributed by atoms with Crippen LogP contribution in [-0.4, -0.2) is 11.9 Å². The number of rotatable bonds is 3. The highest BCUT2D eigenvalue weighted by Gasteiger charge is 2.07. The van der Waals surface area contributed by atoms with Gasteiger partial charge in [-0.25, -0.2) is 4.79 Å². The lowest BCUT2D eigenvalue weighted by Crippen LogP contribution is -2.20. The molecule has 0 unspecified atom stereocenters. The monoisotopic (exact) mass is 327 g/mol. The number of fused-ring (bicyclic) bond motifs is 1. The molecule has 6 nitrogen and oxygen atoms in total. The zero-order chi connectivity index (χ0) is 16.2. The Labute approximate surface area is 137 Å². The third-order valence-corrected chi connectivity index (χ3v) is 3.40. The molecule has 0 saturated carbocycles. The van der Waals surface area contributed by atoms with E-state index >= 15 is 0 Å². The molecule has 0 bridgehead atoms. The Morgan fingerprint density at radius 2 is 1.74 bits per heavy atom. The van der Waals surface area contributed by atoms with Gasteiger partial charge in [-0.15, -0.1) is 0 Å². The first-order valence-electron chi connectivity index (χ1n) is 6.75. The molecule has 116 valence electrons. The summed E-state index contributed by atoms with van der Waals surface area (Å²) >= 11 is 3.71. The van der Waals surface area contributed by atoms with Crippen LogP contribution < -0.4 is 15.4 Å². The Morgan fingerprint density at radius 1 is 0.957 bits per heavy atom. The summed E-state index contributed by atoms with van der Waals surface area (Å²) in [4.78, 5) is 23.6. The first-order chi connectivity index (χ1) is 11.2. The Balaban J connectivity index is 1.70. The minimum absolute atomic E-state index is 0.345. The fraction of sp³-hybridized carbons (Fsp3) is 0. The fourth-order valence-electron chi connectivity index (χ4n) is 2.14. The second-order valence-corrected chi connectivity index (χ2v) is 5.00. The van der Waals surface area contributed by atoms with E-state index in [0.717, 1.165) is 11.0 Å². The van der Waals surface area contributed by atoms with E-state index in [0.29, 0.717) is 16.9 Å². The van der Waals surface area contributed by atoms with Crippen LogP contribution in [0.25, 0.3) is 11.0 Å². The number of carbonyl (C=O) groups excluding carboxylic acids is 2. The van der Waals surface area contributed by atoms with E-state index in [1.165, 1.54) is 0 Å². The average Bonchev–Trinajstić information content (AvgIpc) is 3.02. The van der Waals surface area contributed by atoms with Crippen molar-refractivity contribution in [1.82, 2.24) is 4.72 Å². The summed E-state index contributed by atoms with van der Waals surface area (Å²) in [6.07, 6.45) is 1.59. The number of anilines is 2. The van der Waals surface area contributed by atoms with Gasteiger partial charge in [-0.1, -0.05) is 18.9 Å². The summed E-state index contributed by atoms with van der Waals surface area (Å²) in [6, 6.07) is 13.3. The number of thiol groups is 1. The molecule has 7 heteroatoms. The van der Waals surface area contributed by atoms with E-state index < -0.39 is 6.03 Å². The van der Waals surface area contributed by atoms with Crippen molar-refractivity contribution in [2.75, 3.05) is 10.6 Å². The molecule has 0 saturated heterocycles. The van der Waals surface area contributed by atoms with Crippen LogP contribution in [0.3, 0.4) is 0 Å². The van der Waals surface area contributed by atoms with Crippen molar-refractivity contribution >= 4 is 47.1 Å². The van der Waals surface area contributed by atoms with Crippen LogP contribution in [0.4, 0.5) is 16.2 Å². The predicted octanol–water partition coefficient (Wildman–Crippen LogP) is 3.65. The van der Waals surface area contributed by atoms with Gasteiger partial charge in [0.2, 0.25) is 0 Å². The summed E-state index contributed by atoms with van der Waals surface area (Å²) in [7, 11) is 0. The van der Waals surface area contributed by atoms with Crippen molar-refractivity contribution in [2.24, 2.45) is 0 Å². The number of amides is 3. The second kappa shape index (κ2) is 6.45. The third kappa shape index (κ3) is 3.46. The second-order valence-electron chi connectivity index (χ2n) is 4.77. The highest BCUT2D eigenvalue weighted by Crippen LogP contribution is 2.20. The maximum Gasteiger partial charge on any atom is 0.323 e. The Bertz CT molecular complexity index is 876. The molecular formula is C16H13N3O3S. The molecule has 0 atom stereocenters. The van der Waals surface area contributed by atoms with Crippen molar-refractivity contribution in [3.63, 3.8) is 0 Å². The van der Waals surface area contributed by atoms with Crippen molar-refractivity contribution in [3.8, 4) is 0 Å². The summed E-state index contributed by atoms with van der Waals surface area (Å²) in [5, 5.41) is 6.30. The molecule has 1 aromatic heterocycles. The lowest BCUT2D eigenvalue weighted by Gasteiger charge is -2.08. The number of furan rings is 1. The van der Waals surface area contributed by atoms with Gasteiger partial charge in [0.25, 0.3) is 5.91 Å². The van der Waals surface area contributed by atoms with Crippen LogP contribution >= 0.6 is 12.8 Å². The van der Waals surface area contributed by atoms with Gasteiger partial charge in [-0.05, 0) is 42.5 Å². The number of hydrogen-bond acceptors (Lipinski definition) is 4. The Hall–Kier alpha value is -2.93. The first kappa shape index (κ1) is 15.0. The largest absolute Gasteiger partial charge is 0.464 e. The molecule has 0 aliphatic rings. The zero-order valence-corrected chi connectivity index (χ0v) is 12.8. The molecule has 3 amide bonds. The zero-order valence-electron chi connectivity index (χ0n) is 11.9. The fourth-order valence-corrected chi connectivity index (χ4v) is 2.27. The molecule has 2 aromatic carbocycles. The summed E-state index contributed by atoms with van der Waals surface area (Å²) in [5.41, 5.74) is 2.29. The molecule has 0 aliphatic carbocycles. The van der Waals surface area contributed by atoms with Crippen LogP contribution in [0.2, 0.25) is 0 Å². The van der Waals surface area contributed by atoms with Crippen LogP contribution in [0, 0.1) is 0 Å². The van der Waals surface area contributed by atoms with E-state index in [1.807, 2.05) is 12.1 Å². The van der Waals surface area contributed by atoms with Gasteiger partial charge in [-0.3, -0.25) is 9.52 Å². The molecule has 0 radical (unpaired) electrons. The van der Waals surface area contributed by atoms with Gasteiger partial charge in [0.05, 0.1) is 6.26 Å². The van der Waals surface area contributed by atoms with Crippen molar-refractivity contribution in [3.05, 3.63) is 60.4 Å². The third-order valence-electron chi connectivity index (χ3n) is 3.19. The van der Waals surface area contributed by atoms with Gasteiger partial charge >= 0.3 is 6.03 Å². The lowest BCUT2D eigenvalue weighted by atomic mass is 10.2. The van der Waals surface area contributed by atoms with Crippen LogP contribution in [0.15, 0.2) is 59.2 Å². The number of hydrogen-bond donors (Lipinski definition) is 4. The summed E-state index contributed by atoms with van der Waals surface area (Å²) in [5.74, 6) is -0.345. The lowest BCUT2D eigenvalue weighted by molar-refractivity contribution is 0.0985. The topological polar surface area (TPSA) is 83.4 Å². The molecule has 1 heterocycles. The van der Waals surface area contributed by atoms with Crippen LogP contribution in [0.5, 0.6) is 0 Å². The van der Waals surface area contributed by atoms with Crippen molar-refractivity contribution in [2.45, 2.75) is 0 Å². The van der Waals surface area contributed by atoms with Crippen molar-refractivity contribution in [1.29, 1.82) is 0 Å². The molecule has 23 heavy (non-hydrogen) atoms. The van der Waals surface area contributed by atoms with Gasteiger partial charge < -0.3 is 15.1 Å². The Morgan fingerprint density at radius 3 is 2.52 bits per heavy atom. The highest BCUT2D eigenvalue weighted by atomic mass is 32.1. The molecule has 0 fully saturated rings. The number of urea groups is 1. The summed E-state index contributed by atoms with van der Waals surface area (Å²) < 4.78 is 7.48. The van der Waals surface area contributed by atoms with E-state index in [2.05, 4.69) is 28.2 Å². The minimum atomic E-state index is -0.406. The number of benzene rings is 2. The van der Waals surface area contributed by atoms with Gasteiger partial charge in [0.15, 0.2) is 0 Å². The van der Waals surface area contributed by atoms with Crippen molar-refractivity contribution < 1.29 is 14.0 Å². The molecule has 0 aliphatic heterocycles.